The van der Waals surface area contributed by atoms with E-state index in [9.17, 15) is 14.7 Å². The van der Waals surface area contributed by atoms with Crippen LogP contribution in [0.3, 0.4) is 0 Å². The second kappa shape index (κ2) is 21.1. The molecule has 0 aromatic rings. The molecule has 30 heavy (non-hydrogen) atoms. The van der Waals surface area contributed by atoms with Gasteiger partial charge in [0, 0.05) is 19.0 Å². The van der Waals surface area contributed by atoms with Crippen molar-refractivity contribution in [1.82, 2.24) is 10.6 Å². The SMILES string of the molecule is CCCCCCCCCCCCCCCC(=O)NCCCC[C@H](NC(C)C)C(=O)O. The number of aliphatic carboxylic acids is 1. The summed E-state index contributed by atoms with van der Waals surface area (Å²) < 4.78 is 0. The lowest BCUT2D eigenvalue weighted by Gasteiger charge is -2.17. The zero-order valence-corrected chi connectivity index (χ0v) is 20.1. The first kappa shape index (κ1) is 28.9. The molecule has 0 aromatic heterocycles. The molecule has 0 radical (unpaired) electrons. The van der Waals surface area contributed by atoms with Crippen molar-refractivity contribution in [3.63, 3.8) is 0 Å². The normalized spacial score (nSPS) is 12.3. The first-order chi connectivity index (χ1) is 14.5. The van der Waals surface area contributed by atoms with E-state index in [4.69, 9.17) is 0 Å². The molecule has 3 N–H and O–H groups in total. The minimum Gasteiger partial charge on any atom is -0.480 e. The van der Waals surface area contributed by atoms with Crippen molar-refractivity contribution >= 4 is 11.9 Å². The van der Waals surface area contributed by atoms with E-state index < -0.39 is 12.0 Å². The van der Waals surface area contributed by atoms with Crippen molar-refractivity contribution < 1.29 is 14.7 Å². The third-order valence-electron chi connectivity index (χ3n) is 5.58. The maximum absolute atomic E-state index is 11.9. The van der Waals surface area contributed by atoms with Gasteiger partial charge in [-0.1, -0.05) is 97.8 Å². The third kappa shape index (κ3) is 20.2. The van der Waals surface area contributed by atoms with Crippen molar-refractivity contribution in [2.24, 2.45) is 0 Å². The van der Waals surface area contributed by atoms with E-state index in [-0.39, 0.29) is 11.9 Å². The van der Waals surface area contributed by atoms with E-state index >= 15 is 0 Å². The maximum Gasteiger partial charge on any atom is 0.320 e. The van der Waals surface area contributed by atoms with Gasteiger partial charge >= 0.3 is 5.97 Å². The van der Waals surface area contributed by atoms with E-state index in [1.165, 1.54) is 70.6 Å². The molecule has 0 aliphatic carbocycles. The minimum absolute atomic E-state index is 0.133. The zero-order valence-electron chi connectivity index (χ0n) is 20.1. The molecule has 1 atom stereocenters. The van der Waals surface area contributed by atoms with Gasteiger partial charge in [0.1, 0.15) is 6.04 Å². The van der Waals surface area contributed by atoms with Gasteiger partial charge in [-0.2, -0.15) is 0 Å². The van der Waals surface area contributed by atoms with E-state index in [0.29, 0.717) is 19.4 Å². The highest BCUT2D eigenvalue weighted by Crippen LogP contribution is 2.13. The Morgan fingerprint density at radius 1 is 0.733 bits per heavy atom. The summed E-state index contributed by atoms with van der Waals surface area (Å²) >= 11 is 0. The van der Waals surface area contributed by atoms with Crippen molar-refractivity contribution in [3.05, 3.63) is 0 Å². The van der Waals surface area contributed by atoms with Crippen LogP contribution in [0.2, 0.25) is 0 Å². The number of unbranched alkanes of at least 4 members (excludes halogenated alkanes) is 13. The Kier molecular flexibility index (Phi) is 20.4. The standard InChI is InChI=1S/C25H50N2O3/c1-4-5-6-7-8-9-10-11-12-13-14-15-16-20-24(28)26-21-18-17-19-23(25(29)30)27-22(2)3/h22-23,27H,4-21H2,1-3H3,(H,26,28)(H,29,30)/t23-/m0/s1. The Hall–Kier alpha value is -1.10. The van der Waals surface area contributed by atoms with E-state index in [0.717, 1.165) is 25.7 Å². The molecule has 0 aromatic carbocycles. The predicted molar refractivity (Wildman–Crippen MR) is 127 cm³/mol. The number of nitrogens with one attached hydrogen (secondary N) is 2. The molecule has 0 rings (SSSR count). The number of hydrogen-bond acceptors (Lipinski definition) is 3. The number of carboxylic acid groups (broad SMARTS) is 1. The summed E-state index contributed by atoms with van der Waals surface area (Å²) in [7, 11) is 0. The van der Waals surface area contributed by atoms with Crippen LogP contribution in [0.25, 0.3) is 0 Å². The lowest BCUT2D eigenvalue weighted by atomic mass is 10.0. The van der Waals surface area contributed by atoms with Gasteiger partial charge in [0.2, 0.25) is 5.91 Å². The summed E-state index contributed by atoms with van der Waals surface area (Å²) in [5.74, 6) is -0.664. The molecule has 0 saturated carbocycles. The number of carboxylic acids is 1. The highest BCUT2D eigenvalue weighted by Gasteiger charge is 2.17. The highest BCUT2D eigenvalue weighted by atomic mass is 16.4. The fourth-order valence-corrected chi connectivity index (χ4v) is 3.77. The number of hydrogen-bond donors (Lipinski definition) is 3. The van der Waals surface area contributed by atoms with Crippen LogP contribution in [0.1, 0.15) is 130 Å². The molecule has 5 nitrogen and oxygen atoms in total. The number of carbonyl (C=O) groups excluding carboxylic acids is 1. The minimum atomic E-state index is -0.796. The van der Waals surface area contributed by atoms with Crippen LogP contribution in [-0.2, 0) is 9.59 Å². The van der Waals surface area contributed by atoms with Crippen LogP contribution in [-0.4, -0.2) is 35.6 Å². The Bertz CT molecular complexity index is 413. The molecule has 0 fully saturated rings. The molecule has 178 valence electrons. The lowest BCUT2D eigenvalue weighted by molar-refractivity contribution is -0.140. The number of amides is 1. The van der Waals surface area contributed by atoms with E-state index in [1.54, 1.807) is 0 Å². The Labute approximate surface area is 186 Å². The van der Waals surface area contributed by atoms with Crippen LogP contribution >= 0.6 is 0 Å². The average molecular weight is 427 g/mol. The quantitative estimate of drug-likeness (QED) is 0.180. The second-order valence-corrected chi connectivity index (χ2v) is 9.05. The molecule has 0 aliphatic heterocycles. The van der Waals surface area contributed by atoms with E-state index in [2.05, 4.69) is 17.6 Å². The summed E-state index contributed by atoms with van der Waals surface area (Å²) in [5.41, 5.74) is 0. The molecule has 0 saturated heterocycles. The highest BCUT2D eigenvalue weighted by molar-refractivity contribution is 5.75. The molecule has 1 amide bonds. The Morgan fingerprint density at radius 3 is 1.70 bits per heavy atom. The van der Waals surface area contributed by atoms with Crippen LogP contribution in [0.4, 0.5) is 0 Å². The number of carbonyl (C=O) groups is 2. The van der Waals surface area contributed by atoms with Crippen LogP contribution in [0.5, 0.6) is 0 Å². The molecule has 0 spiro atoms. The van der Waals surface area contributed by atoms with E-state index in [1.807, 2.05) is 13.8 Å². The van der Waals surface area contributed by atoms with Gasteiger partial charge in [0.25, 0.3) is 0 Å². The molecule has 0 aliphatic rings. The summed E-state index contributed by atoms with van der Waals surface area (Å²) in [5, 5.41) is 15.2. The molecule has 0 unspecified atom stereocenters. The fraction of sp³-hybridized carbons (Fsp3) is 0.920. The Balaban J connectivity index is 3.39. The second-order valence-electron chi connectivity index (χ2n) is 9.05. The zero-order chi connectivity index (χ0) is 22.5. The van der Waals surface area contributed by atoms with Crippen molar-refractivity contribution in [1.29, 1.82) is 0 Å². The smallest absolute Gasteiger partial charge is 0.320 e. The number of rotatable bonds is 22. The monoisotopic (exact) mass is 426 g/mol. The average Bonchev–Trinajstić information content (AvgIpc) is 2.70. The van der Waals surface area contributed by atoms with Crippen molar-refractivity contribution in [2.75, 3.05) is 6.54 Å². The van der Waals surface area contributed by atoms with Gasteiger partial charge < -0.3 is 15.7 Å². The van der Waals surface area contributed by atoms with Gasteiger partial charge in [0.15, 0.2) is 0 Å². The van der Waals surface area contributed by atoms with Gasteiger partial charge in [-0.3, -0.25) is 9.59 Å². The largest absolute Gasteiger partial charge is 0.480 e. The molecule has 0 heterocycles. The van der Waals surface area contributed by atoms with Crippen molar-refractivity contribution in [3.8, 4) is 0 Å². The predicted octanol–water partition coefficient (Wildman–Crippen LogP) is 6.21. The van der Waals surface area contributed by atoms with Crippen LogP contribution < -0.4 is 10.6 Å². The third-order valence-corrected chi connectivity index (χ3v) is 5.58. The summed E-state index contributed by atoms with van der Waals surface area (Å²) in [4.78, 5) is 23.1. The van der Waals surface area contributed by atoms with Gasteiger partial charge in [-0.25, -0.2) is 0 Å². The van der Waals surface area contributed by atoms with Gasteiger partial charge in [-0.05, 0) is 25.7 Å². The van der Waals surface area contributed by atoms with Crippen LogP contribution in [0.15, 0.2) is 0 Å². The summed E-state index contributed by atoms with van der Waals surface area (Å²) in [6.45, 7) is 6.81. The van der Waals surface area contributed by atoms with Gasteiger partial charge in [-0.15, -0.1) is 0 Å². The molecule has 0 bridgehead atoms. The van der Waals surface area contributed by atoms with Gasteiger partial charge in [0.05, 0.1) is 0 Å². The first-order valence-electron chi connectivity index (χ1n) is 12.7. The summed E-state index contributed by atoms with van der Waals surface area (Å²) in [6.07, 6.45) is 19.9. The fourth-order valence-electron chi connectivity index (χ4n) is 3.77. The molecular formula is C25H50N2O3. The summed E-state index contributed by atoms with van der Waals surface area (Å²) in [6, 6.07) is -0.336. The molecule has 5 heteroatoms. The topological polar surface area (TPSA) is 78.4 Å². The first-order valence-corrected chi connectivity index (χ1v) is 12.7. The van der Waals surface area contributed by atoms with Crippen LogP contribution in [0, 0.1) is 0 Å². The Morgan fingerprint density at radius 2 is 1.23 bits per heavy atom. The van der Waals surface area contributed by atoms with Crippen molar-refractivity contribution in [2.45, 2.75) is 142 Å². The lowest BCUT2D eigenvalue weighted by Crippen LogP contribution is -2.40. The molecular weight excluding hydrogens is 376 g/mol. The maximum atomic E-state index is 11.9.